The van der Waals surface area contributed by atoms with Crippen molar-refractivity contribution < 1.29 is 9.53 Å². The summed E-state index contributed by atoms with van der Waals surface area (Å²) in [7, 11) is 2.12. The molecular formula is C23H25Cl2N7O2. The molecule has 1 N–H and O–H groups in total. The van der Waals surface area contributed by atoms with E-state index in [1.54, 1.807) is 17.3 Å². The molecule has 178 valence electrons. The van der Waals surface area contributed by atoms with E-state index in [1.807, 2.05) is 28.9 Å². The number of ether oxygens (including phenoxy) is 1. The molecule has 1 amide bonds. The molecule has 11 heteroatoms. The number of nitrogens with one attached hydrogen (secondary N) is 1. The lowest BCUT2D eigenvalue weighted by Crippen LogP contribution is -2.41. The van der Waals surface area contributed by atoms with E-state index < -0.39 is 0 Å². The highest BCUT2D eigenvalue weighted by Gasteiger charge is 2.24. The summed E-state index contributed by atoms with van der Waals surface area (Å²) in [6, 6.07) is 7.77. The zero-order valence-electron chi connectivity index (χ0n) is 18.7. The molecule has 0 spiro atoms. The minimum Gasteiger partial charge on any atom is -0.370 e. The van der Waals surface area contributed by atoms with Crippen molar-refractivity contribution in [3.63, 3.8) is 0 Å². The second kappa shape index (κ2) is 9.87. The Balaban J connectivity index is 1.34. The zero-order valence-corrected chi connectivity index (χ0v) is 20.3. The van der Waals surface area contributed by atoms with Gasteiger partial charge in [0, 0.05) is 17.9 Å². The molecule has 1 aromatic carbocycles. The number of piperidine rings is 1. The quantitative estimate of drug-likeness (QED) is 0.564. The monoisotopic (exact) mass is 501 g/mol. The fraction of sp³-hybridized carbons (Fsp3) is 0.391. The lowest BCUT2D eigenvalue weighted by Gasteiger charge is -2.29. The topological polar surface area (TPSA) is 88.4 Å². The fourth-order valence-corrected chi connectivity index (χ4v) is 4.77. The summed E-state index contributed by atoms with van der Waals surface area (Å²) in [6.07, 6.45) is 5.25. The maximum absolute atomic E-state index is 12.1. The van der Waals surface area contributed by atoms with E-state index >= 15 is 0 Å². The molecule has 0 atom stereocenters. The van der Waals surface area contributed by atoms with E-state index in [0.717, 1.165) is 37.3 Å². The summed E-state index contributed by atoms with van der Waals surface area (Å²) in [6.45, 7) is 3.21. The predicted octanol–water partition coefficient (Wildman–Crippen LogP) is 4.02. The molecule has 2 aliphatic rings. The highest BCUT2D eigenvalue weighted by atomic mass is 35.5. The van der Waals surface area contributed by atoms with Crippen LogP contribution in [-0.4, -0.2) is 70.5 Å². The number of morpholine rings is 1. The smallest absolute Gasteiger partial charge is 0.253 e. The number of benzene rings is 1. The molecule has 0 radical (unpaired) electrons. The molecule has 0 saturated carbocycles. The van der Waals surface area contributed by atoms with Gasteiger partial charge >= 0.3 is 0 Å². The standard InChI is InChI=1S/C23H25Cl2N7O2/c1-30-8-6-17(7-9-30)32-22(25)18(12-27-32)21-19(24)13-26-23(29-21)28-15-2-4-16(5-3-15)31-10-11-34-14-20(31)33/h2-5,12-13,17H,6-11,14H2,1H3,(H,26,28,29). The fourth-order valence-electron chi connectivity index (χ4n) is 4.26. The van der Waals surface area contributed by atoms with E-state index in [-0.39, 0.29) is 18.6 Å². The second-order valence-corrected chi connectivity index (χ2v) is 9.25. The zero-order chi connectivity index (χ0) is 23.7. The third-order valence-electron chi connectivity index (χ3n) is 6.19. The minimum absolute atomic E-state index is 0.0460. The van der Waals surface area contributed by atoms with Gasteiger partial charge < -0.3 is 19.9 Å². The van der Waals surface area contributed by atoms with Crippen molar-refractivity contribution >= 4 is 46.4 Å². The third kappa shape index (κ3) is 4.74. The molecule has 0 bridgehead atoms. The van der Waals surface area contributed by atoms with Gasteiger partial charge in [0.05, 0.1) is 41.3 Å². The summed E-state index contributed by atoms with van der Waals surface area (Å²) in [5.41, 5.74) is 2.81. The van der Waals surface area contributed by atoms with Crippen molar-refractivity contribution in [2.24, 2.45) is 0 Å². The molecule has 2 saturated heterocycles. The van der Waals surface area contributed by atoms with Crippen molar-refractivity contribution in [3.8, 4) is 11.3 Å². The summed E-state index contributed by atoms with van der Waals surface area (Å²) in [5, 5.41) is 8.66. The predicted molar refractivity (Wildman–Crippen MR) is 132 cm³/mol. The van der Waals surface area contributed by atoms with Gasteiger partial charge in [-0.05, 0) is 57.2 Å². The van der Waals surface area contributed by atoms with Gasteiger partial charge in [-0.25, -0.2) is 9.97 Å². The van der Waals surface area contributed by atoms with E-state index in [1.165, 1.54) is 0 Å². The molecular weight excluding hydrogens is 477 g/mol. The number of amides is 1. The molecule has 2 aliphatic heterocycles. The molecule has 2 aromatic heterocycles. The van der Waals surface area contributed by atoms with Crippen LogP contribution in [0.1, 0.15) is 18.9 Å². The van der Waals surface area contributed by atoms with E-state index in [2.05, 4.69) is 32.3 Å². The van der Waals surface area contributed by atoms with Crippen LogP contribution in [0.25, 0.3) is 11.3 Å². The van der Waals surface area contributed by atoms with E-state index in [9.17, 15) is 4.79 Å². The minimum atomic E-state index is -0.0460. The van der Waals surface area contributed by atoms with Crippen LogP contribution in [-0.2, 0) is 9.53 Å². The average molecular weight is 502 g/mol. The van der Waals surface area contributed by atoms with Crippen LogP contribution in [0.4, 0.5) is 17.3 Å². The Kier molecular flexibility index (Phi) is 6.69. The van der Waals surface area contributed by atoms with Crippen LogP contribution in [0, 0.1) is 0 Å². The molecule has 9 nitrogen and oxygen atoms in total. The van der Waals surface area contributed by atoms with Crippen LogP contribution in [0.5, 0.6) is 0 Å². The molecule has 3 aromatic rings. The van der Waals surface area contributed by atoms with Gasteiger partial charge in [-0.3, -0.25) is 9.48 Å². The summed E-state index contributed by atoms with van der Waals surface area (Å²) in [5.74, 6) is 0.341. The van der Waals surface area contributed by atoms with Crippen molar-refractivity contribution in [3.05, 3.63) is 46.8 Å². The number of halogens is 2. The Morgan fingerprint density at radius 1 is 1.09 bits per heavy atom. The second-order valence-electron chi connectivity index (χ2n) is 8.49. The van der Waals surface area contributed by atoms with Gasteiger partial charge in [0.2, 0.25) is 5.95 Å². The Morgan fingerprint density at radius 3 is 2.59 bits per heavy atom. The Hall–Kier alpha value is -2.72. The van der Waals surface area contributed by atoms with Crippen LogP contribution < -0.4 is 10.2 Å². The number of anilines is 3. The number of likely N-dealkylation sites (tertiary alicyclic amines) is 1. The number of aromatic nitrogens is 4. The largest absolute Gasteiger partial charge is 0.370 e. The van der Waals surface area contributed by atoms with Gasteiger partial charge in [-0.1, -0.05) is 23.2 Å². The van der Waals surface area contributed by atoms with Crippen molar-refractivity contribution in [2.75, 3.05) is 50.1 Å². The first kappa shape index (κ1) is 23.0. The van der Waals surface area contributed by atoms with Gasteiger partial charge in [-0.2, -0.15) is 5.10 Å². The number of carbonyl (C=O) groups excluding carboxylic acids is 1. The van der Waals surface area contributed by atoms with E-state index in [0.29, 0.717) is 40.5 Å². The normalized spacial score (nSPS) is 17.9. The van der Waals surface area contributed by atoms with Crippen molar-refractivity contribution in [1.82, 2.24) is 24.6 Å². The van der Waals surface area contributed by atoms with Gasteiger partial charge in [0.1, 0.15) is 11.8 Å². The molecule has 0 aliphatic carbocycles. The summed E-state index contributed by atoms with van der Waals surface area (Å²) >= 11 is 13.2. The first-order chi connectivity index (χ1) is 16.5. The number of hydrogen-bond acceptors (Lipinski definition) is 7. The number of nitrogens with zero attached hydrogens (tertiary/aromatic N) is 6. The van der Waals surface area contributed by atoms with Crippen molar-refractivity contribution in [2.45, 2.75) is 18.9 Å². The first-order valence-corrected chi connectivity index (χ1v) is 11.9. The SMILES string of the molecule is CN1CCC(n2ncc(-c3nc(Nc4ccc(N5CCOCC5=O)cc4)ncc3Cl)c2Cl)CC1. The summed E-state index contributed by atoms with van der Waals surface area (Å²) < 4.78 is 7.07. The maximum atomic E-state index is 12.1. The van der Waals surface area contributed by atoms with Gasteiger partial charge in [0.25, 0.3) is 5.91 Å². The Morgan fingerprint density at radius 2 is 1.85 bits per heavy atom. The lowest BCUT2D eigenvalue weighted by molar-refractivity contribution is -0.125. The highest BCUT2D eigenvalue weighted by molar-refractivity contribution is 6.35. The van der Waals surface area contributed by atoms with Crippen LogP contribution in [0.3, 0.4) is 0 Å². The van der Waals surface area contributed by atoms with Crippen LogP contribution in [0.15, 0.2) is 36.7 Å². The molecule has 0 unspecified atom stereocenters. The summed E-state index contributed by atoms with van der Waals surface area (Å²) in [4.78, 5) is 25.0. The van der Waals surface area contributed by atoms with Crippen LogP contribution in [0.2, 0.25) is 10.2 Å². The highest BCUT2D eigenvalue weighted by Crippen LogP contribution is 2.35. The number of rotatable bonds is 5. The number of carbonyl (C=O) groups is 1. The van der Waals surface area contributed by atoms with Gasteiger partial charge in [-0.15, -0.1) is 0 Å². The molecule has 4 heterocycles. The van der Waals surface area contributed by atoms with Gasteiger partial charge in [0.15, 0.2) is 0 Å². The molecule has 2 fully saturated rings. The van der Waals surface area contributed by atoms with Crippen LogP contribution >= 0.6 is 23.2 Å². The Labute approximate surface area is 207 Å². The molecule has 34 heavy (non-hydrogen) atoms. The molecule has 5 rings (SSSR count). The lowest BCUT2D eigenvalue weighted by atomic mass is 10.1. The average Bonchev–Trinajstić information content (AvgIpc) is 3.23. The third-order valence-corrected chi connectivity index (χ3v) is 6.84. The van der Waals surface area contributed by atoms with E-state index in [4.69, 9.17) is 27.9 Å². The first-order valence-electron chi connectivity index (χ1n) is 11.2. The number of hydrogen-bond donors (Lipinski definition) is 1. The van der Waals surface area contributed by atoms with Crippen molar-refractivity contribution in [1.29, 1.82) is 0 Å². The Bertz CT molecular complexity index is 1180. The maximum Gasteiger partial charge on any atom is 0.253 e.